The molecule has 0 aromatic heterocycles. The number of alkyl halides is 5. The molecule has 0 rings (SSSR count). The summed E-state index contributed by atoms with van der Waals surface area (Å²) in [6, 6.07) is 0. The Labute approximate surface area is 95.4 Å². The second-order valence-electron chi connectivity index (χ2n) is 2.37. The van der Waals surface area contributed by atoms with Gasteiger partial charge >= 0.3 is 17.8 Å². The van der Waals surface area contributed by atoms with Gasteiger partial charge < -0.3 is 9.05 Å². The molecule has 15 heavy (non-hydrogen) atoms. The van der Waals surface area contributed by atoms with E-state index in [2.05, 4.69) is 9.05 Å². The molecule has 0 aliphatic carbocycles. The summed E-state index contributed by atoms with van der Waals surface area (Å²) in [6.45, 7) is 2.20. The van der Waals surface area contributed by atoms with Gasteiger partial charge in [-0.05, 0) is 13.8 Å². The Balaban J connectivity index is 5.16. The number of rotatable bonds is 5. The minimum atomic E-state index is -5.10. The quantitative estimate of drug-likeness (QED) is 0.568. The lowest BCUT2D eigenvalue weighted by Crippen LogP contribution is -2.35. The van der Waals surface area contributed by atoms with Crippen molar-refractivity contribution in [1.82, 2.24) is 0 Å². The lowest BCUT2D eigenvalue weighted by Gasteiger charge is -2.29. The topological polar surface area (TPSA) is 35.5 Å². The molecule has 0 N–H and O–H groups in total. The minimum Gasteiger partial charge on any atom is -0.307 e. The highest BCUT2D eigenvalue weighted by molar-refractivity contribution is 7.60. The zero-order chi connectivity index (χ0) is 12.3. The molecule has 0 aromatic rings. The molecule has 0 heterocycles. The van der Waals surface area contributed by atoms with Gasteiger partial charge in [0.1, 0.15) is 0 Å². The molecule has 0 saturated carbocycles. The molecule has 0 amide bonds. The van der Waals surface area contributed by atoms with Gasteiger partial charge in [-0.2, -0.15) is 13.2 Å². The third-order valence-corrected chi connectivity index (χ3v) is 5.09. The first-order valence-corrected chi connectivity index (χ1v) is 6.26. The summed E-state index contributed by atoms with van der Waals surface area (Å²) >= 11 is 10.0. The van der Waals surface area contributed by atoms with Gasteiger partial charge in [0.15, 0.2) is 0 Å². The van der Waals surface area contributed by atoms with Crippen LogP contribution in [0.1, 0.15) is 13.8 Å². The van der Waals surface area contributed by atoms with Crippen molar-refractivity contribution < 1.29 is 26.8 Å². The molecule has 0 atom stereocenters. The highest BCUT2D eigenvalue weighted by Gasteiger charge is 2.67. The van der Waals surface area contributed by atoms with Crippen LogP contribution in [0.15, 0.2) is 0 Å². The van der Waals surface area contributed by atoms with Crippen molar-refractivity contribution in [2.45, 2.75) is 24.1 Å². The van der Waals surface area contributed by atoms with Crippen molar-refractivity contribution in [2.24, 2.45) is 0 Å². The van der Waals surface area contributed by atoms with Crippen LogP contribution >= 0.6 is 30.8 Å². The van der Waals surface area contributed by atoms with Crippen molar-refractivity contribution in [3.8, 4) is 0 Å². The van der Waals surface area contributed by atoms with Crippen LogP contribution in [-0.4, -0.2) is 23.5 Å². The molecule has 0 spiro atoms. The van der Waals surface area contributed by atoms with Crippen LogP contribution in [0.3, 0.4) is 0 Å². The maximum atomic E-state index is 12.4. The van der Waals surface area contributed by atoms with E-state index in [1.165, 1.54) is 13.8 Å². The molecule has 0 aliphatic heterocycles. The lowest BCUT2D eigenvalue weighted by atomic mass is 10.8. The van der Waals surface area contributed by atoms with Crippen LogP contribution in [-0.2, 0) is 13.6 Å². The van der Waals surface area contributed by atoms with Crippen LogP contribution in [0.5, 0.6) is 0 Å². The standard InChI is InChI=1S/C6H10Cl2F3O3P/c1-3-13-15(12,14-4-2)5(7,8)6(9,10)11/h3-4H2,1-2H3. The normalized spacial score (nSPS) is 14.3. The van der Waals surface area contributed by atoms with E-state index in [0.717, 1.165) is 0 Å². The molecule has 0 bridgehead atoms. The van der Waals surface area contributed by atoms with Gasteiger partial charge in [0.25, 0.3) is 0 Å². The Bertz CT molecular complexity index is 246. The molecule has 0 saturated heterocycles. The predicted molar refractivity (Wildman–Crippen MR) is 51.4 cm³/mol. The molecule has 3 nitrogen and oxygen atoms in total. The molecule has 0 aliphatic rings. The molecule has 0 radical (unpaired) electrons. The molecule has 92 valence electrons. The second kappa shape index (κ2) is 5.23. The predicted octanol–water partition coefficient (Wildman–Crippen LogP) is 3.95. The van der Waals surface area contributed by atoms with E-state index < -0.39 is 17.8 Å². The van der Waals surface area contributed by atoms with Gasteiger partial charge in [0, 0.05) is 0 Å². The van der Waals surface area contributed by atoms with Crippen molar-refractivity contribution in [3.63, 3.8) is 0 Å². The van der Waals surface area contributed by atoms with E-state index in [1.54, 1.807) is 0 Å². The number of hydrogen-bond acceptors (Lipinski definition) is 3. The largest absolute Gasteiger partial charge is 0.433 e. The Hall–Kier alpha value is 0.520. The molecule has 0 unspecified atom stereocenters. The van der Waals surface area contributed by atoms with Crippen molar-refractivity contribution in [3.05, 3.63) is 0 Å². The first kappa shape index (κ1) is 15.5. The Morgan fingerprint density at radius 1 is 1.13 bits per heavy atom. The summed E-state index contributed by atoms with van der Waals surface area (Å²) in [5.41, 5.74) is 0. The second-order valence-corrected chi connectivity index (χ2v) is 6.41. The van der Waals surface area contributed by atoms with Gasteiger partial charge in [-0.15, -0.1) is 0 Å². The Morgan fingerprint density at radius 2 is 1.47 bits per heavy atom. The zero-order valence-corrected chi connectivity index (χ0v) is 10.4. The van der Waals surface area contributed by atoms with Crippen molar-refractivity contribution >= 4 is 30.8 Å². The third-order valence-electron chi connectivity index (χ3n) is 1.28. The van der Waals surface area contributed by atoms with E-state index >= 15 is 0 Å². The van der Waals surface area contributed by atoms with E-state index in [9.17, 15) is 17.7 Å². The number of hydrogen-bond donors (Lipinski definition) is 0. The SMILES string of the molecule is CCOP(=O)(OCC)C(Cl)(Cl)C(F)(F)F. The Kier molecular flexibility index (Phi) is 5.41. The molecular weight excluding hydrogens is 279 g/mol. The molecule has 0 aromatic carbocycles. The maximum Gasteiger partial charge on any atom is 0.433 e. The molecule has 0 fully saturated rings. The monoisotopic (exact) mass is 288 g/mol. The van der Waals surface area contributed by atoms with Crippen LogP contribution in [0.4, 0.5) is 13.2 Å². The summed E-state index contributed by atoms with van der Waals surface area (Å²) in [7, 11) is -4.64. The Morgan fingerprint density at radius 3 is 1.67 bits per heavy atom. The number of halogens is 5. The summed E-state index contributed by atoms with van der Waals surface area (Å²) in [4.78, 5) is 0. The van der Waals surface area contributed by atoms with Crippen LogP contribution in [0.25, 0.3) is 0 Å². The minimum absolute atomic E-state index is 0.255. The molecule has 9 heteroatoms. The van der Waals surface area contributed by atoms with Crippen LogP contribution in [0, 0.1) is 0 Å². The van der Waals surface area contributed by atoms with Crippen molar-refractivity contribution in [1.29, 1.82) is 0 Å². The van der Waals surface area contributed by atoms with Crippen LogP contribution < -0.4 is 0 Å². The summed E-state index contributed by atoms with van der Waals surface area (Å²) in [5.74, 6) is 0. The average Bonchev–Trinajstić information content (AvgIpc) is 2.02. The van der Waals surface area contributed by atoms with Gasteiger partial charge in [0.2, 0.25) is 0 Å². The van der Waals surface area contributed by atoms with Gasteiger partial charge in [-0.25, -0.2) is 0 Å². The van der Waals surface area contributed by atoms with E-state index in [4.69, 9.17) is 23.2 Å². The third kappa shape index (κ3) is 3.24. The van der Waals surface area contributed by atoms with Gasteiger partial charge in [-0.1, -0.05) is 23.2 Å². The zero-order valence-electron chi connectivity index (χ0n) is 7.98. The fourth-order valence-electron chi connectivity index (χ4n) is 0.695. The van der Waals surface area contributed by atoms with E-state index in [-0.39, 0.29) is 13.2 Å². The first-order chi connectivity index (χ1) is 6.62. The average molecular weight is 289 g/mol. The highest BCUT2D eigenvalue weighted by Crippen LogP contribution is 2.69. The summed E-state index contributed by atoms with van der Waals surface area (Å²) in [6.07, 6.45) is -5.10. The van der Waals surface area contributed by atoms with E-state index in [0.29, 0.717) is 0 Å². The summed E-state index contributed by atoms with van der Waals surface area (Å²) in [5, 5.41) is 0. The maximum absolute atomic E-state index is 12.4. The van der Waals surface area contributed by atoms with E-state index in [1.807, 2.05) is 0 Å². The van der Waals surface area contributed by atoms with Crippen LogP contribution in [0.2, 0.25) is 0 Å². The lowest BCUT2D eigenvalue weighted by molar-refractivity contribution is -0.129. The summed E-state index contributed by atoms with van der Waals surface area (Å²) < 4.78 is 54.1. The highest BCUT2D eigenvalue weighted by atomic mass is 35.5. The van der Waals surface area contributed by atoms with Gasteiger partial charge in [0.05, 0.1) is 13.2 Å². The van der Waals surface area contributed by atoms with Gasteiger partial charge in [-0.3, -0.25) is 4.57 Å². The fraction of sp³-hybridized carbons (Fsp3) is 1.00. The smallest absolute Gasteiger partial charge is 0.307 e. The molecular formula is C6H10Cl2F3O3P. The fourth-order valence-corrected chi connectivity index (χ4v) is 2.67. The first-order valence-electron chi connectivity index (χ1n) is 3.96. The van der Waals surface area contributed by atoms with Crippen molar-refractivity contribution in [2.75, 3.05) is 13.2 Å².